The fourth-order valence-corrected chi connectivity index (χ4v) is 3.59. The lowest BCUT2D eigenvalue weighted by Crippen LogP contribution is -2.48. The SMILES string of the molecule is O=C(O)c1cccc(C#Cc2cccc(C(=O)N3CCN(c4ccccc4)CC3)c2)c1. The van der Waals surface area contributed by atoms with Crippen molar-refractivity contribution in [2.24, 2.45) is 0 Å². The molecule has 0 bridgehead atoms. The minimum absolute atomic E-state index is 0.00392. The first-order chi connectivity index (χ1) is 15.1. The van der Waals surface area contributed by atoms with Crippen LogP contribution in [0.1, 0.15) is 31.8 Å². The second kappa shape index (κ2) is 9.19. The Labute approximate surface area is 181 Å². The lowest BCUT2D eigenvalue weighted by Gasteiger charge is -2.36. The van der Waals surface area contributed by atoms with E-state index >= 15 is 0 Å². The predicted octanol–water partition coefficient (Wildman–Crippen LogP) is 3.75. The molecule has 0 aliphatic carbocycles. The molecule has 1 aliphatic heterocycles. The number of hydrogen-bond acceptors (Lipinski definition) is 3. The fraction of sp³-hybridized carbons (Fsp3) is 0.154. The molecule has 0 spiro atoms. The van der Waals surface area contributed by atoms with Crippen LogP contribution in [0.5, 0.6) is 0 Å². The van der Waals surface area contributed by atoms with Crippen molar-refractivity contribution in [1.29, 1.82) is 0 Å². The molecule has 0 radical (unpaired) electrons. The summed E-state index contributed by atoms with van der Waals surface area (Å²) in [4.78, 5) is 28.3. The number of para-hydroxylation sites is 1. The van der Waals surface area contributed by atoms with Gasteiger partial charge in [0.15, 0.2) is 0 Å². The first-order valence-corrected chi connectivity index (χ1v) is 10.1. The van der Waals surface area contributed by atoms with Crippen LogP contribution in [-0.2, 0) is 0 Å². The molecule has 5 nitrogen and oxygen atoms in total. The Morgan fingerprint density at radius 3 is 1.90 bits per heavy atom. The van der Waals surface area contributed by atoms with Crippen LogP contribution in [-0.4, -0.2) is 48.1 Å². The van der Waals surface area contributed by atoms with Crippen molar-refractivity contribution >= 4 is 17.6 Å². The Morgan fingerprint density at radius 2 is 1.29 bits per heavy atom. The third kappa shape index (κ3) is 4.93. The van der Waals surface area contributed by atoms with Crippen molar-refractivity contribution in [3.63, 3.8) is 0 Å². The van der Waals surface area contributed by atoms with Crippen molar-refractivity contribution in [2.45, 2.75) is 0 Å². The van der Waals surface area contributed by atoms with E-state index in [1.165, 1.54) is 17.8 Å². The average molecular weight is 410 g/mol. The number of carboxylic acids is 1. The van der Waals surface area contributed by atoms with Crippen LogP contribution >= 0.6 is 0 Å². The smallest absolute Gasteiger partial charge is 0.335 e. The molecule has 3 aromatic carbocycles. The monoisotopic (exact) mass is 410 g/mol. The molecule has 1 heterocycles. The van der Waals surface area contributed by atoms with Crippen LogP contribution < -0.4 is 4.90 Å². The highest BCUT2D eigenvalue weighted by Crippen LogP contribution is 2.17. The van der Waals surface area contributed by atoms with Crippen LogP contribution in [0.4, 0.5) is 5.69 Å². The number of nitrogens with zero attached hydrogens (tertiary/aromatic N) is 2. The van der Waals surface area contributed by atoms with Gasteiger partial charge in [-0.15, -0.1) is 0 Å². The summed E-state index contributed by atoms with van der Waals surface area (Å²) in [6.45, 7) is 2.95. The highest BCUT2D eigenvalue weighted by atomic mass is 16.4. The van der Waals surface area contributed by atoms with Gasteiger partial charge in [0, 0.05) is 48.6 Å². The van der Waals surface area contributed by atoms with E-state index in [-0.39, 0.29) is 11.5 Å². The number of carbonyl (C=O) groups is 2. The highest BCUT2D eigenvalue weighted by Gasteiger charge is 2.22. The van der Waals surface area contributed by atoms with E-state index in [2.05, 4.69) is 28.9 Å². The van der Waals surface area contributed by atoms with Crippen LogP contribution in [0.15, 0.2) is 78.9 Å². The summed E-state index contributed by atoms with van der Waals surface area (Å²) >= 11 is 0. The number of amides is 1. The summed E-state index contributed by atoms with van der Waals surface area (Å²) < 4.78 is 0. The Kier molecular flexibility index (Phi) is 6.00. The Bertz CT molecular complexity index is 1150. The summed E-state index contributed by atoms with van der Waals surface area (Å²) in [5, 5.41) is 9.10. The number of benzene rings is 3. The lowest BCUT2D eigenvalue weighted by molar-refractivity contribution is 0.0695. The van der Waals surface area contributed by atoms with E-state index in [0.29, 0.717) is 24.2 Å². The molecular formula is C26H22N2O3. The summed E-state index contributed by atoms with van der Waals surface area (Å²) in [7, 11) is 0. The zero-order chi connectivity index (χ0) is 21.6. The molecule has 0 saturated carbocycles. The lowest BCUT2D eigenvalue weighted by atomic mass is 10.1. The summed E-state index contributed by atoms with van der Waals surface area (Å²) in [5.74, 6) is 5.03. The third-order valence-corrected chi connectivity index (χ3v) is 5.26. The Hall–Kier alpha value is -4.04. The molecule has 0 aromatic heterocycles. The normalized spacial score (nSPS) is 13.3. The number of piperazine rings is 1. The number of carboxylic acid groups (broad SMARTS) is 1. The molecule has 1 aliphatic rings. The van der Waals surface area contributed by atoms with E-state index in [9.17, 15) is 9.59 Å². The number of carbonyl (C=O) groups excluding carboxylic acids is 1. The second-order valence-corrected chi connectivity index (χ2v) is 7.33. The first-order valence-electron chi connectivity index (χ1n) is 10.1. The molecule has 3 aromatic rings. The zero-order valence-corrected chi connectivity index (χ0v) is 17.0. The molecule has 1 fully saturated rings. The summed E-state index contributed by atoms with van der Waals surface area (Å²) in [6.07, 6.45) is 0. The van der Waals surface area contributed by atoms with Crippen molar-refractivity contribution in [1.82, 2.24) is 4.90 Å². The average Bonchev–Trinajstić information content (AvgIpc) is 2.83. The molecule has 4 rings (SSSR count). The van der Waals surface area contributed by atoms with Crippen molar-refractivity contribution in [3.05, 3.63) is 101 Å². The second-order valence-electron chi connectivity index (χ2n) is 7.33. The van der Waals surface area contributed by atoms with Gasteiger partial charge in [0.2, 0.25) is 0 Å². The van der Waals surface area contributed by atoms with E-state index in [1.54, 1.807) is 18.2 Å². The summed E-state index contributed by atoms with van der Waals surface area (Å²) in [5.41, 5.74) is 3.33. The number of anilines is 1. The van der Waals surface area contributed by atoms with Gasteiger partial charge >= 0.3 is 5.97 Å². The first kappa shape index (κ1) is 20.2. The molecule has 1 amide bonds. The van der Waals surface area contributed by atoms with Gasteiger partial charge in [0.25, 0.3) is 5.91 Å². The molecular weight excluding hydrogens is 388 g/mol. The largest absolute Gasteiger partial charge is 0.478 e. The molecule has 0 atom stereocenters. The number of aromatic carboxylic acids is 1. The maximum Gasteiger partial charge on any atom is 0.335 e. The standard InChI is InChI=1S/C26H22N2O3/c29-25(28-16-14-27(15-17-28)24-10-2-1-3-11-24)22-8-4-6-20(18-22)12-13-21-7-5-9-23(19-21)26(30)31/h1-11,18-19H,14-17H2,(H,30,31). The maximum absolute atomic E-state index is 13.0. The van der Waals surface area contributed by atoms with Gasteiger partial charge < -0.3 is 14.9 Å². The summed E-state index contributed by atoms with van der Waals surface area (Å²) in [6, 6.07) is 24.0. The van der Waals surface area contributed by atoms with Crippen LogP contribution in [0.25, 0.3) is 0 Å². The zero-order valence-electron chi connectivity index (χ0n) is 17.0. The van der Waals surface area contributed by atoms with Gasteiger partial charge in [0.1, 0.15) is 0 Å². The molecule has 1 saturated heterocycles. The van der Waals surface area contributed by atoms with Gasteiger partial charge in [0.05, 0.1) is 5.56 Å². The predicted molar refractivity (Wildman–Crippen MR) is 120 cm³/mol. The molecule has 31 heavy (non-hydrogen) atoms. The minimum atomic E-state index is -0.983. The van der Waals surface area contributed by atoms with Crippen LogP contribution in [0.3, 0.4) is 0 Å². The van der Waals surface area contributed by atoms with Crippen LogP contribution in [0.2, 0.25) is 0 Å². The molecule has 154 valence electrons. The van der Waals surface area contributed by atoms with Gasteiger partial charge in [-0.05, 0) is 48.5 Å². The topological polar surface area (TPSA) is 60.9 Å². The highest BCUT2D eigenvalue weighted by molar-refractivity contribution is 5.94. The van der Waals surface area contributed by atoms with Crippen molar-refractivity contribution in [3.8, 4) is 11.8 Å². The minimum Gasteiger partial charge on any atom is -0.478 e. The quantitative estimate of drug-likeness (QED) is 0.668. The van der Waals surface area contributed by atoms with E-state index in [0.717, 1.165) is 18.7 Å². The van der Waals surface area contributed by atoms with Gasteiger partial charge in [-0.25, -0.2) is 4.79 Å². The van der Waals surface area contributed by atoms with E-state index in [4.69, 9.17) is 5.11 Å². The maximum atomic E-state index is 13.0. The van der Waals surface area contributed by atoms with Gasteiger partial charge in [-0.2, -0.15) is 0 Å². The fourth-order valence-electron chi connectivity index (χ4n) is 3.59. The molecule has 0 unspecified atom stereocenters. The molecule has 5 heteroatoms. The number of rotatable bonds is 3. The van der Waals surface area contributed by atoms with Crippen molar-refractivity contribution in [2.75, 3.05) is 31.1 Å². The number of hydrogen-bond donors (Lipinski definition) is 1. The van der Waals surface area contributed by atoms with E-state index in [1.807, 2.05) is 41.3 Å². The van der Waals surface area contributed by atoms with Crippen molar-refractivity contribution < 1.29 is 14.7 Å². The van der Waals surface area contributed by atoms with Crippen LogP contribution in [0, 0.1) is 11.8 Å². The van der Waals surface area contributed by atoms with E-state index < -0.39 is 5.97 Å². The van der Waals surface area contributed by atoms with Gasteiger partial charge in [-0.1, -0.05) is 42.2 Å². The van der Waals surface area contributed by atoms with Gasteiger partial charge in [-0.3, -0.25) is 4.79 Å². The Balaban J connectivity index is 1.44. The third-order valence-electron chi connectivity index (χ3n) is 5.26. The Morgan fingerprint density at radius 1 is 0.710 bits per heavy atom. The molecule has 1 N–H and O–H groups in total.